The molecule has 150 valence electrons. The number of azo groups is 1. The number of benzene rings is 2. The number of nitrogens with one attached hydrogen (secondary N) is 1. The van der Waals surface area contributed by atoms with Gasteiger partial charge in [0, 0.05) is 18.0 Å². The fourth-order valence-electron chi connectivity index (χ4n) is 2.85. The molecule has 0 bridgehead atoms. The minimum absolute atomic E-state index is 0.0163. The molecule has 0 amide bonds. The third kappa shape index (κ3) is 3.90. The van der Waals surface area contributed by atoms with Gasteiger partial charge in [-0.1, -0.05) is 24.3 Å². The van der Waals surface area contributed by atoms with E-state index in [4.69, 9.17) is 0 Å². The number of rotatable bonds is 4. The van der Waals surface area contributed by atoms with Gasteiger partial charge < -0.3 is 0 Å². The summed E-state index contributed by atoms with van der Waals surface area (Å²) in [5.41, 5.74) is 0.225. The predicted octanol–water partition coefficient (Wildman–Crippen LogP) is 5.66. The van der Waals surface area contributed by atoms with E-state index in [1.54, 1.807) is 48.8 Å². The molecule has 0 atom stereocenters. The summed E-state index contributed by atoms with van der Waals surface area (Å²) >= 11 is 0. The van der Waals surface area contributed by atoms with Crippen molar-refractivity contribution in [3.63, 3.8) is 0 Å². The van der Waals surface area contributed by atoms with E-state index in [1.165, 1.54) is 16.8 Å². The van der Waals surface area contributed by atoms with Crippen molar-refractivity contribution in [3.8, 4) is 16.9 Å². The second-order valence-corrected chi connectivity index (χ2v) is 6.30. The maximum atomic E-state index is 13.0. The molecule has 2 aromatic heterocycles. The van der Waals surface area contributed by atoms with Gasteiger partial charge in [-0.3, -0.25) is 14.9 Å². The molecule has 6 nitrogen and oxygen atoms in total. The zero-order valence-electron chi connectivity index (χ0n) is 15.3. The van der Waals surface area contributed by atoms with Gasteiger partial charge in [0.2, 0.25) is 0 Å². The fourth-order valence-corrected chi connectivity index (χ4v) is 2.85. The Morgan fingerprint density at radius 1 is 0.900 bits per heavy atom. The summed E-state index contributed by atoms with van der Waals surface area (Å²) in [5.74, 6) is 0. The lowest BCUT2D eigenvalue weighted by Crippen LogP contribution is -2.13. The molecule has 9 heteroatoms. The van der Waals surface area contributed by atoms with Gasteiger partial charge >= 0.3 is 6.18 Å². The Balaban J connectivity index is 1.82. The van der Waals surface area contributed by atoms with Gasteiger partial charge in [0.1, 0.15) is 0 Å². The van der Waals surface area contributed by atoms with Crippen LogP contribution >= 0.6 is 0 Å². The van der Waals surface area contributed by atoms with Gasteiger partial charge in [-0.2, -0.15) is 18.3 Å². The van der Waals surface area contributed by atoms with Gasteiger partial charge in [-0.25, -0.2) is 4.68 Å². The standard InChI is InChI=1S/C21H14F3N5O/c22-21(23,24)15-5-4-6-16(13-15)26-27-19-18(14-9-11-25-12-10-14)28-29(20(19)30)17-7-2-1-3-8-17/h1-13,28H. The third-order valence-electron chi connectivity index (χ3n) is 4.29. The molecule has 1 N–H and O–H groups in total. The molecule has 0 radical (unpaired) electrons. The molecule has 30 heavy (non-hydrogen) atoms. The van der Waals surface area contributed by atoms with E-state index in [-0.39, 0.29) is 11.4 Å². The average Bonchev–Trinajstić information content (AvgIpc) is 3.09. The van der Waals surface area contributed by atoms with Crippen molar-refractivity contribution in [2.45, 2.75) is 6.18 Å². The zero-order valence-corrected chi connectivity index (χ0v) is 15.3. The molecule has 4 aromatic rings. The van der Waals surface area contributed by atoms with Gasteiger partial charge in [-0.15, -0.1) is 5.11 Å². The first-order valence-electron chi connectivity index (χ1n) is 8.83. The Hall–Kier alpha value is -4.01. The van der Waals surface area contributed by atoms with Crippen LogP contribution in [0.2, 0.25) is 0 Å². The van der Waals surface area contributed by atoms with Crippen LogP contribution in [0, 0.1) is 0 Å². The summed E-state index contributed by atoms with van der Waals surface area (Å²) < 4.78 is 40.1. The second kappa shape index (κ2) is 7.78. The molecule has 0 saturated carbocycles. The SMILES string of the molecule is O=c1c(N=Nc2cccc(C(F)(F)F)c2)c(-c2ccncc2)[nH]n1-c1ccccc1. The highest BCUT2D eigenvalue weighted by molar-refractivity contribution is 5.71. The lowest BCUT2D eigenvalue weighted by atomic mass is 10.2. The van der Waals surface area contributed by atoms with Gasteiger partial charge in [-0.05, 0) is 42.5 Å². The molecule has 0 aliphatic carbocycles. The number of aromatic amines is 1. The van der Waals surface area contributed by atoms with Crippen LogP contribution in [0.5, 0.6) is 0 Å². The number of aromatic nitrogens is 3. The van der Waals surface area contributed by atoms with Crippen LogP contribution in [0.25, 0.3) is 16.9 Å². The monoisotopic (exact) mass is 409 g/mol. The van der Waals surface area contributed by atoms with Crippen molar-refractivity contribution in [3.05, 3.63) is 95.0 Å². The summed E-state index contributed by atoms with van der Waals surface area (Å²) in [7, 11) is 0. The van der Waals surface area contributed by atoms with Crippen molar-refractivity contribution in [1.29, 1.82) is 0 Å². The third-order valence-corrected chi connectivity index (χ3v) is 4.29. The predicted molar refractivity (Wildman–Crippen MR) is 105 cm³/mol. The summed E-state index contributed by atoms with van der Waals surface area (Å²) in [6.07, 6.45) is -1.38. The number of alkyl halides is 3. The second-order valence-electron chi connectivity index (χ2n) is 6.30. The number of hydrogen-bond donors (Lipinski definition) is 1. The normalized spacial score (nSPS) is 11.8. The molecule has 0 aliphatic heterocycles. The average molecular weight is 409 g/mol. The van der Waals surface area contributed by atoms with Crippen molar-refractivity contribution in [1.82, 2.24) is 14.8 Å². The molecular weight excluding hydrogens is 395 g/mol. The largest absolute Gasteiger partial charge is 0.416 e. The zero-order chi connectivity index (χ0) is 21.1. The number of nitrogens with zero attached hydrogens (tertiary/aromatic N) is 4. The van der Waals surface area contributed by atoms with Crippen LogP contribution in [0.4, 0.5) is 24.5 Å². The van der Waals surface area contributed by atoms with E-state index >= 15 is 0 Å². The fraction of sp³-hybridized carbons (Fsp3) is 0.0476. The van der Waals surface area contributed by atoms with E-state index < -0.39 is 17.3 Å². The van der Waals surface area contributed by atoms with E-state index in [0.29, 0.717) is 16.9 Å². The van der Waals surface area contributed by atoms with Gasteiger partial charge in [0.15, 0.2) is 5.69 Å². The minimum Gasteiger partial charge on any atom is -0.288 e. The van der Waals surface area contributed by atoms with Crippen LogP contribution in [0.1, 0.15) is 5.56 Å². The molecule has 0 aliphatic rings. The molecule has 0 fully saturated rings. The highest BCUT2D eigenvalue weighted by atomic mass is 19.4. The van der Waals surface area contributed by atoms with E-state index in [1.807, 2.05) is 6.07 Å². The summed E-state index contributed by atoms with van der Waals surface area (Å²) in [6.45, 7) is 0. The van der Waals surface area contributed by atoms with E-state index in [2.05, 4.69) is 20.3 Å². The maximum absolute atomic E-state index is 13.0. The van der Waals surface area contributed by atoms with Crippen molar-refractivity contribution < 1.29 is 13.2 Å². The van der Waals surface area contributed by atoms with Crippen molar-refractivity contribution in [2.75, 3.05) is 0 Å². The molecular formula is C21H14F3N5O. The number of halogens is 3. The van der Waals surface area contributed by atoms with Crippen LogP contribution in [-0.4, -0.2) is 14.8 Å². The lowest BCUT2D eigenvalue weighted by molar-refractivity contribution is -0.137. The molecule has 2 heterocycles. The molecule has 0 unspecified atom stereocenters. The van der Waals surface area contributed by atoms with E-state index in [0.717, 1.165) is 12.1 Å². The van der Waals surface area contributed by atoms with Crippen LogP contribution in [0.3, 0.4) is 0 Å². The Morgan fingerprint density at radius 2 is 1.63 bits per heavy atom. The van der Waals surface area contributed by atoms with Crippen LogP contribution in [0.15, 0.2) is 94.1 Å². The maximum Gasteiger partial charge on any atom is 0.416 e. The van der Waals surface area contributed by atoms with Gasteiger partial charge in [0.25, 0.3) is 5.56 Å². The van der Waals surface area contributed by atoms with Crippen LogP contribution < -0.4 is 5.56 Å². The lowest BCUT2D eigenvalue weighted by Gasteiger charge is -2.05. The first kappa shape index (κ1) is 19.3. The van der Waals surface area contributed by atoms with Crippen molar-refractivity contribution >= 4 is 11.4 Å². The number of para-hydroxylation sites is 1. The summed E-state index contributed by atoms with van der Waals surface area (Å²) in [6, 6.07) is 16.6. The number of H-pyrrole nitrogens is 1. The molecule has 2 aromatic carbocycles. The molecule has 0 saturated heterocycles. The van der Waals surface area contributed by atoms with Gasteiger partial charge in [0.05, 0.1) is 22.6 Å². The topological polar surface area (TPSA) is 75.4 Å². The molecule has 4 rings (SSSR count). The Bertz CT molecular complexity index is 1250. The quantitative estimate of drug-likeness (QED) is 0.442. The first-order valence-corrected chi connectivity index (χ1v) is 8.83. The highest BCUT2D eigenvalue weighted by Crippen LogP contribution is 2.32. The number of pyridine rings is 1. The van der Waals surface area contributed by atoms with Crippen molar-refractivity contribution in [2.24, 2.45) is 10.2 Å². The Labute approximate surface area is 168 Å². The minimum atomic E-state index is -4.50. The summed E-state index contributed by atoms with van der Waals surface area (Å²) in [5, 5.41) is 10.9. The van der Waals surface area contributed by atoms with Crippen LogP contribution in [-0.2, 0) is 6.18 Å². The first-order chi connectivity index (χ1) is 14.4. The Kier molecular flexibility index (Phi) is 5.01. The smallest absolute Gasteiger partial charge is 0.288 e. The molecule has 0 spiro atoms. The Morgan fingerprint density at radius 3 is 2.33 bits per heavy atom. The van der Waals surface area contributed by atoms with E-state index in [9.17, 15) is 18.0 Å². The highest BCUT2D eigenvalue weighted by Gasteiger charge is 2.30. The number of hydrogen-bond acceptors (Lipinski definition) is 4. The summed E-state index contributed by atoms with van der Waals surface area (Å²) in [4.78, 5) is 16.9.